The van der Waals surface area contributed by atoms with Crippen molar-refractivity contribution in [3.05, 3.63) is 59.7 Å². The minimum absolute atomic E-state index is 0.0517. The summed E-state index contributed by atoms with van der Waals surface area (Å²) in [7, 11) is 3.15. The molecule has 30 heavy (non-hydrogen) atoms. The molecule has 0 bridgehead atoms. The van der Waals surface area contributed by atoms with Gasteiger partial charge in [0.05, 0.1) is 20.4 Å². The summed E-state index contributed by atoms with van der Waals surface area (Å²) in [6.07, 6.45) is 0.877. The van der Waals surface area contributed by atoms with E-state index in [1.807, 2.05) is 23.1 Å². The molecule has 0 spiro atoms. The van der Waals surface area contributed by atoms with Crippen LogP contribution in [0.25, 0.3) is 0 Å². The van der Waals surface area contributed by atoms with Crippen molar-refractivity contribution < 1.29 is 19.1 Å². The van der Waals surface area contributed by atoms with Gasteiger partial charge in [0, 0.05) is 38.3 Å². The van der Waals surface area contributed by atoms with Crippen LogP contribution in [0.15, 0.2) is 53.7 Å². The first kappa shape index (κ1) is 21.6. The third kappa shape index (κ3) is 5.51. The predicted molar refractivity (Wildman–Crippen MR) is 116 cm³/mol. The van der Waals surface area contributed by atoms with E-state index in [9.17, 15) is 4.79 Å². The molecule has 0 aromatic heterocycles. The van der Waals surface area contributed by atoms with E-state index in [-0.39, 0.29) is 5.91 Å². The second-order valence-corrected chi connectivity index (χ2v) is 7.15. The number of oxime groups is 1. The Morgan fingerprint density at radius 2 is 1.77 bits per heavy atom. The standard InChI is InChI=1S/C23H29N3O4/c1-18(30-24-16-20-10-7-11-21(28-2)22(20)29-3)23(27)26-14-12-25(13-15-26)17-19-8-5-4-6-9-19/h4-11,16,18H,12-15,17H2,1-3H3/b24-16-/t18-/m1/s1. The Morgan fingerprint density at radius 3 is 2.43 bits per heavy atom. The highest BCUT2D eigenvalue weighted by atomic mass is 16.6. The fourth-order valence-corrected chi connectivity index (χ4v) is 3.46. The SMILES string of the molecule is COc1cccc(/C=N\O[C@H](C)C(=O)N2CCN(Cc3ccccc3)CC2)c1OC. The first-order valence-corrected chi connectivity index (χ1v) is 10.1. The number of piperazine rings is 1. The number of carbonyl (C=O) groups is 1. The summed E-state index contributed by atoms with van der Waals surface area (Å²) < 4.78 is 10.6. The fraction of sp³-hybridized carbons (Fsp3) is 0.391. The van der Waals surface area contributed by atoms with Crippen LogP contribution in [0.1, 0.15) is 18.1 Å². The van der Waals surface area contributed by atoms with Gasteiger partial charge in [0.15, 0.2) is 11.5 Å². The summed E-state index contributed by atoms with van der Waals surface area (Å²) in [6.45, 7) is 5.69. The van der Waals surface area contributed by atoms with E-state index >= 15 is 0 Å². The number of hydrogen-bond donors (Lipinski definition) is 0. The van der Waals surface area contributed by atoms with Gasteiger partial charge in [0.25, 0.3) is 5.91 Å². The Balaban J connectivity index is 1.49. The van der Waals surface area contributed by atoms with Gasteiger partial charge < -0.3 is 19.2 Å². The summed E-state index contributed by atoms with van der Waals surface area (Å²) in [6, 6.07) is 15.9. The van der Waals surface area contributed by atoms with Crippen molar-refractivity contribution >= 4 is 12.1 Å². The molecule has 1 fully saturated rings. The average Bonchev–Trinajstić information content (AvgIpc) is 2.79. The molecule has 7 heteroatoms. The smallest absolute Gasteiger partial charge is 0.266 e. The lowest BCUT2D eigenvalue weighted by atomic mass is 10.2. The maximum absolute atomic E-state index is 12.7. The third-order valence-electron chi connectivity index (χ3n) is 5.12. The van der Waals surface area contributed by atoms with Gasteiger partial charge in [-0.3, -0.25) is 9.69 Å². The molecule has 3 rings (SSSR count). The van der Waals surface area contributed by atoms with Gasteiger partial charge in [0.1, 0.15) is 0 Å². The van der Waals surface area contributed by atoms with Crippen LogP contribution >= 0.6 is 0 Å². The van der Waals surface area contributed by atoms with Crippen LogP contribution in [-0.2, 0) is 16.2 Å². The van der Waals surface area contributed by atoms with Gasteiger partial charge in [-0.05, 0) is 24.6 Å². The Labute approximate surface area is 177 Å². The van der Waals surface area contributed by atoms with Crippen molar-refractivity contribution in [2.45, 2.75) is 19.6 Å². The molecule has 1 amide bonds. The van der Waals surface area contributed by atoms with Crippen molar-refractivity contribution in [1.29, 1.82) is 0 Å². The van der Waals surface area contributed by atoms with Crippen molar-refractivity contribution in [2.75, 3.05) is 40.4 Å². The predicted octanol–water partition coefficient (Wildman–Crippen LogP) is 2.79. The highest BCUT2D eigenvalue weighted by Crippen LogP contribution is 2.29. The van der Waals surface area contributed by atoms with Gasteiger partial charge in [-0.15, -0.1) is 0 Å². The summed E-state index contributed by atoms with van der Waals surface area (Å²) in [5.74, 6) is 1.13. The van der Waals surface area contributed by atoms with Gasteiger partial charge in [-0.25, -0.2) is 0 Å². The van der Waals surface area contributed by atoms with Gasteiger partial charge in [-0.1, -0.05) is 41.6 Å². The van der Waals surface area contributed by atoms with E-state index in [0.717, 1.165) is 19.6 Å². The molecule has 0 aliphatic carbocycles. The normalized spacial score (nSPS) is 15.8. The zero-order valence-electron chi connectivity index (χ0n) is 17.8. The monoisotopic (exact) mass is 411 g/mol. The maximum Gasteiger partial charge on any atom is 0.266 e. The zero-order chi connectivity index (χ0) is 21.3. The van der Waals surface area contributed by atoms with Crippen LogP contribution in [0.5, 0.6) is 11.5 Å². The molecule has 2 aromatic rings. The summed E-state index contributed by atoms with van der Waals surface area (Å²) in [4.78, 5) is 22.3. The highest BCUT2D eigenvalue weighted by Gasteiger charge is 2.26. The van der Waals surface area contributed by atoms with E-state index in [2.05, 4.69) is 34.3 Å². The Bertz CT molecular complexity index is 849. The topological polar surface area (TPSA) is 63.6 Å². The van der Waals surface area contributed by atoms with Gasteiger partial charge in [-0.2, -0.15) is 0 Å². The van der Waals surface area contributed by atoms with Crippen LogP contribution in [0.3, 0.4) is 0 Å². The number of para-hydroxylation sites is 1. The molecule has 0 saturated carbocycles. The van der Waals surface area contributed by atoms with Gasteiger partial charge in [0.2, 0.25) is 6.10 Å². The number of rotatable bonds is 8. The molecular formula is C23H29N3O4. The number of nitrogens with zero attached hydrogens (tertiary/aromatic N) is 3. The zero-order valence-corrected chi connectivity index (χ0v) is 17.8. The van der Waals surface area contributed by atoms with Crippen LogP contribution in [0.2, 0.25) is 0 Å². The van der Waals surface area contributed by atoms with Crippen LogP contribution in [0.4, 0.5) is 0 Å². The maximum atomic E-state index is 12.7. The molecule has 1 aliphatic rings. The number of methoxy groups -OCH3 is 2. The Morgan fingerprint density at radius 1 is 1.03 bits per heavy atom. The molecular weight excluding hydrogens is 382 g/mol. The van der Waals surface area contributed by atoms with E-state index in [0.29, 0.717) is 30.2 Å². The van der Waals surface area contributed by atoms with Crippen LogP contribution < -0.4 is 9.47 Å². The average molecular weight is 412 g/mol. The number of hydrogen-bond acceptors (Lipinski definition) is 6. The highest BCUT2D eigenvalue weighted by molar-refractivity contribution is 5.85. The lowest BCUT2D eigenvalue weighted by molar-refractivity contribution is -0.144. The Kier molecular flexibility index (Phi) is 7.68. The molecule has 0 N–H and O–H groups in total. The van der Waals surface area contributed by atoms with E-state index in [1.54, 1.807) is 27.2 Å². The largest absolute Gasteiger partial charge is 0.493 e. The minimum Gasteiger partial charge on any atom is -0.493 e. The summed E-state index contributed by atoms with van der Waals surface area (Å²) in [5, 5.41) is 3.99. The molecule has 7 nitrogen and oxygen atoms in total. The number of benzene rings is 2. The lowest BCUT2D eigenvalue weighted by Gasteiger charge is -2.35. The fourth-order valence-electron chi connectivity index (χ4n) is 3.46. The molecule has 0 unspecified atom stereocenters. The molecule has 1 saturated heterocycles. The van der Waals surface area contributed by atoms with Crippen molar-refractivity contribution in [3.63, 3.8) is 0 Å². The molecule has 160 valence electrons. The molecule has 1 aliphatic heterocycles. The van der Waals surface area contributed by atoms with E-state index < -0.39 is 6.10 Å². The minimum atomic E-state index is -0.654. The first-order valence-electron chi connectivity index (χ1n) is 10.1. The summed E-state index contributed by atoms with van der Waals surface area (Å²) in [5.41, 5.74) is 2.00. The molecule has 0 radical (unpaired) electrons. The van der Waals surface area contributed by atoms with Crippen molar-refractivity contribution in [2.24, 2.45) is 5.16 Å². The van der Waals surface area contributed by atoms with Crippen molar-refractivity contribution in [1.82, 2.24) is 9.80 Å². The number of amides is 1. The summed E-state index contributed by atoms with van der Waals surface area (Å²) >= 11 is 0. The first-order chi connectivity index (χ1) is 14.6. The quantitative estimate of drug-likeness (QED) is 0.494. The Hall–Kier alpha value is -3.06. The lowest BCUT2D eigenvalue weighted by Crippen LogP contribution is -2.50. The van der Waals surface area contributed by atoms with Gasteiger partial charge >= 0.3 is 0 Å². The van der Waals surface area contributed by atoms with Crippen LogP contribution in [0, 0.1) is 0 Å². The third-order valence-corrected chi connectivity index (χ3v) is 5.12. The van der Waals surface area contributed by atoms with E-state index in [1.165, 1.54) is 11.8 Å². The second kappa shape index (κ2) is 10.6. The molecule has 1 heterocycles. The number of carbonyl (C=O) groups excluding carboxylic acids is 1. The van der Waals surface area contributed by atoms with Crippen LogP contribution in [-0.4, -0.2) is 68.4 Å². The second-order valence-electron chi connectivity index (χ2n) is 7.15. The molecule has 2 aromatic carbocycles. The number of ether oxygens (including phenoxy) is 2. The van der Waals surface area contributed by atoms with E-state index in [4.69, 9.17) is 14.3 Å². The van der Waals surface area contributed by atoms with Crippen molar-refractivity contribution in [3.8, 4) is 11.5 Å². The molecule has 1 atom stereocenters.